The van der Waals surface area contributed by atoms with Gasteiger partial charge in [-0.1, -0.05) is 0 Å². The third-order valence-electron chi connectivity index (χ3n) is 6.84. The highest BCUT2D eigenvalue weighted by atomic mass is 32.2. The van der Waals surface area contributed by atoms with E-state index in [2.05, 4.69) is 0 Å². The van der Waals surface area contributed by atoms with Gasteiger partial charge in [0, 0.05) is 41.9 Å². The fourth-order valence-electron chi connectivity index (χ4n) is 4.91. The van der Waals surface area contributed by atoms with Crippen LogP contribution in [-0.2, 0) is 33.9 Å². The summed E-state index contributed by atoms with van der Waals surface area (Å²) in [5, 5.41) is 1.85. The van der Waals surface area contributed by atoms with Crippen LogP contribution in [0.1, 0.15) is 41.7 Å². The molecule has 3 heterocycles. The standard InChI is InChI=1S/C23H25NO6S/c1-13-16-9-18-15-5-3-4-6-19(15)29-21(18)11-20(16)30-23(26)17(13)10-22(25)24(2)14-7-8-31(27,28)12-14/h9,11,14H,3-8,10,12H2,1-2H3. The summed E-state index contributed by atoms with van der Waals surface area (Å²) in [6, 6.07) is 3.44. The summed E-state index contributed by atoms with van der Waals surface area (Å²) >= 11 is 0. The van der Waals surface area contributed by atoms with E-state index in [1.807, 2.05) is 13.0 Å². The summed E-state index contributed by atoms with van der Waals surface area (Å²) in [4.78, 5) is 27.0. The molecule has 0 spiro atoms. The first-order valence-electron chi connectivity index (χ1n) is 10.7. The second-order valence-electron chi connectivity index (χ2n) is 8.79. The van der Waals surface area contributed by atoms with E-state index in [-0.39, 0.29) is 29.9 Å². The Balaban J connectivity index is 1.52. The molecule has 1 unspecified atom stereocenters. The molecular formula is C23H25NO6S. The average Bonchev–Trinajstić information content (AvgIpc) is 3.28. The van der Waals surface area contributed by atoms with Crippen molar-refractivity contribution in [2.24, 2.45) is 0 Å². The molecule has 7 nitrogen and oxygen atoms in total. The molecular weight excluding hydrogens is 418 g/mol. The molecule has 2 aliphatic rings. The molecule has 1 aliphatic carbocycles. The van der Waals surface area contributed by atoms with Gasteiger partial charge in [-0.05, 0) is 44.2 Å². The van der Waals surface area contributed by atoms with Crippen LogP contribution in [0.25, 0.3) is 21.9 Å². The third kappa shape index (κ3) is 3.46. The number of benzene rings is 1. The molecule has 1 aliphatic heterocycles. The quantitative estimate of drug-likeness (QED) is 0.578. The number of hydrogen-bond acceptors (Lipinski definition) is 6. The van der Waals surface area contributed by atoms with Crippen molar-refractivity contribution < 1.29 is 22.0 Å². The van der Waals surface area contributed by atoms with Gasteiger partial charge < -0.3 is 13.7 Å². The molecule has 1 amide bonds. The minimum Gasteiger partial charge on any atom is -0.461 e. The lowest BCUT2D eigenvalue weighted by Crippen LogP contribution is -2.39. The molecule has 0 N–H and O–H groups in total. The van der Waals surface area contributed by atoms with Crippen molar-refractivity contribution >= 4 is 37.7 Å². The van der Waals surface area contributed by atoms with Crippen LogP contribution in [0.15, 0.2) is 25.8 Å². The number of amides is 1. The van der Waals surface area contributed by atoms with Crippen LogP contribution < -0.4 is 5.63 Å². The Bertz CT molecular complexity index is 1380. The van der Waals surface area contributed by atoms with Gasteiger partial charge in [0.05, 0.1) is 23.5 Å². The summed E-state index contributed by atoms with van der Waals surface area (Å²) in [5.41, 5.74) is 2.91. The number of hydrogen-bond donors (Lipinski definition) is 0. The van der Waals surface area contributed by atoms with Crippen molar-refractivity contribution in [3.05, 3.63) is 45.0 Å². The zero-order valence-corrected chi connectivity index (χ0v) is 18.5. The maximum atomic E-state index is 12.8. The molecule has 0 radical (unpaired) electrons. The van der Waals surface area contributed by atoms with Crippen LogP contribution in [0.5, 0.6) is 0 Å². The molecule has 1 aromatic carbocycles. The molecule has 164 valence electrons. The van der Waals surface area contributed by atoms with Crippen molar-refractivity contribution in [1.29, 1.82) is 0 Å². The lowest BCUT2D eigenvalue weighted by atomic mass is 9.94. The predicted molar refractivity (Wildman–Crippen MR) is 117 cm³/mol. The molecule has 8 heteroatoms. The second kappa shape index (κ2) is 7.22. The van der Waals surface area contributed by atoms with Crippen LogP contribution in [0.4, 0.5) is 0 Å². The van der Waals surface area contributed by atoms with Crippen molar-refractivity contribution in [1.82, 2.24) is 4.90 Å². The lowest BCUT2D eigenvalue weighted by Gasteiger charge is -2.23. The number of carbonyl (C=O) groups is 1. The van der Waals surface area contributed by atoms with Gasteiger partial charge in [0.15, 0.2) is 9.84 Å². The number of aryl methyl sites for hydroxylation is 3. The van der Waals surface area contributed by atoms with Gasteiger partial charge in [0.2, 0.25) is 5.91 Å². The SMILES string of the molecule is Cc1c(CC(=O)N(C)C2CCS(=O)(=O)C2)c(=O)oc2cc3oc4c(c3cc12)CCCC4. The van der Waals surface area contributed by atoms with E-state index in [4.69, 9.17) is 8.83 Å². The number of rotatable bonds is 3. The van der Waals surface area contributed by atoms with Crippen LogP contribution >= 0.6 is 0 Å². The molecule has 1 fully saturated rings. The highest BCUT2D eigenvalue weighted by Gasteiger charge is 2.33. The van der Waals surface area contributed by atoms with E-state index in [9.17, 15) is 18.0 Å². The van der Waals surface area contributed by atoms with Gasteiger partial charge in [-0.15, -0.1) is 0 Å². The lowest BCUT2D eigenvalue weighted by molar-refractivity contribution is -0.130. The monoisotopic (exact) mass is 443 g/mol. The molecule has 5 rings (SSSR count). The summed E-state index contributed by atoms with van der Waals surface area (Å²) < 4.78 is 35.1. The molecule has 1 saturated heterocycles. The number of nitrogens with zero attached hydrogens (tertiary/aromatic N) is 1. The Morgan fingerprint density at radius 3 is 2.61 bits per heavy atom. The zero-order valence-electron chi connectivity index (χ0n) is 17.7. The number of furan rings is 1. The van der Waals surface area contributed by atoms with E-state index >= 15 is 0 Å². The Labute approximate surface area is 179 Å². The van der Waals surface area contributed by atoms with E-state index in [0.717, 1.165) is 53.4 Å². The van der Waals surface area contributed by atoms with E-state index < -0.39 is 15.5 Å². The summed E-state index contributed by atoms with van der Waals surface area (Å²) in [5.74, 6) is 0.806. The van der Waals surface area contributed by atoms with E-state index in [0.29, 0.717) is 17.6 Å². The molecule has 3 aromatic rings. The first-order valence-corrected chi connectivity index (χ1v) is 12.5. The van der Waals surface area contributed by atoms with Gasteiger partial charge in [-0.3, -0.25) is 4.79 Å². The largest absolute Gasteiger partial charge is 0.461 e. The van der Waals surface area contributed by atoms with Crippen LogP contribution in [0, 0.1) is 6.92 Å². The van der Waals surface area contributed by atoms with Gasteiger partial charge >= 0.3 is 5.63 Å². The fraction of sp³-hybridized carbons (Fsp3) is 0.478. The Hall–Kier alpha value is -2.61. The zero-order chi connectivity index (χ0) is 21.9. The van der Waals surface area contributed by atoms with Crippen LogP contribution in [0.3, 0.4) is 0 Å². The van der Waals surface area contributed by atoms with Crippen molar-refractivity contribution in [3.63, 3.8) is 0 Å². The van der Waals surface area contributed by atoms with Gasteiger partial charge in [0.25, 0.3) is 0 Å². The average molecular weight is 444 g/mol. The van der Waals surface area contributed by atoms with Crippen LogP contribution in [0.2, 0.25) is 0 Å². The Morgan fingerprint density at radius 2 is 1.87 bits per heavy atom. The van der Waals surface area contributed by atoms with Gasteiger partial charge in [-0.2, -0.15) is 0 Å². The number of fused-ring (bicyclic) bond motifs is 4. The molecule has 0 saturated carbocycles. The minimum atomic E-state index is -3.10. The third-order valence-corrected chi connectivity index (χ3v) is 8.59. The highest BCUT2D eigenvalue weighted by molar-refractivity contribution is 7.91. The van der Waals surface area contributed by atoms with Gasteiger partial charge in [0.1, 0.15) is 16.9 Å². The van der Waals surface area contributed by atoms with Crippen molar-refractivity contribution in [2.75, 3.05) is 18.6 Å². The van der Waals surface area contributed by atoms with Crippen molar-refractivity contribution in [2.45, 2.75) is 51.5 Å². The topological polar surface area (TPSA) is 97.8 Å². The number of likely N-dealkylation sites (N-methyl/N-ethyl adjacent to an activating group) is 1. The smallest absolute Gasteiger partial charge is 0.340 e. The second-order valence-corrected chi connectivity index (χ2v) is 11.0. The van der Waals surface area contributed by atoms with E-state index in [1.54, 1.807) is 13.1 Å². The first-order chi connectivity index (χ1) is 14.7. The van der Waals surface area contributed by atoms with Crippen LogP contribution in [-0.4, -0.2) is 43.8 Å². The van der Waals surface area contributed by atoms with Gasteiger partial charge in [-0.25, -0.2) is 13.2 Å². The van der Waals surface area contributed by atoms with Crippen molar-refractivity contribution in [3.8, 4) is 0 Å². The maximum absolute atomic E-state index is 12.8. The fourth-order valence-corrected chi connectivity index (χ4v) is 6.68. The van der Waals surface area contributed by atoms with E-state index in [1.165, 1.54) is 10.5 Å². The maximum Gasteiger partial charge on any atom is 0.340 e. The minimum absolute atomic E-state index is 0.0237. The predicted octanol–water partition coefficient (Wildman–Crippen LogP) is 2.91. The molecule has 0 bridgehead atoms. The first kappa shape index (κ1) is 20.3. The summed E-state index contributed by atoms with van der Waals surface area (Å²) in [6.45, 7) is 1.83. The normalized spacial score (nSPS) is 20.3. The number of carbonyl (C=O) groups excluding carboxylic acids is 1. The Morgan fingerprint density at radius 1 is 1.13 bits per heavy atom. The summed E-state index contributed by atoms with van der Waals surface area (Å²) in [6.07, 6.45) is 4.46. The molecule has 2 aromatic heterocycles. The number of sulfone groups is 1. The summed E-state index contributed by atoms with van der Waals surface area (Å²) in [7, 11) is -1.49. The highest BCUT2D eigenvalue weighted by Crippen LogP contribution is 2.35. The molecule has 1 atom stereocenters. The molecule has 31 heavy (non-hydrogen) atoms. The Kier molecular flexibility index (Phi) is 4.73.